The second kappa shape index (κ2) is 3.07. The summed E-state index contributed by atoms with van der Waals surface area (Å²) in [5.74, 6) is 5.70. The SMILES string of the molecule is CC1C2CC3CC(C2)CC1C3.[H-].[Li+]. The van der Waals surface area contributed by atoms with Gasteiger partial charge < -0.3 is 1.43 Å². The van der Waals surface area contributed by atoms with E-state index in [9.17, 15) is 0 Å². The van der Waals surface area contributed by atoms with Crippen LogP contribution in [0.25, 0.3) is 0 Å². The summed E-state index contributed by atoms with van der Waals surface area (Å²) in [6.07, 6.45) is 7.96. The standard InChI is InChI=1S/C11H18.Li.H/c1-7-10-3-8-2-9(5-10)6-11(7)4-8;;/h7-11H,2-6H2,1H3;;/q;+1;-1. The number of hydrogen-bond donors (Lipinski definition) is 0. The van der Waals surface area contributed by atoms with Gasteiger partial charge in [-0.2, -0.15) is 0 Å². The molecule has 0 nitrogen and oxygen atoms in total. The molecule has 4 bridgehead atoms. The van der Waals surface area contributed by atoms with Crippen LogP contribution >= 0.6 is 0 Å². The molecule has 1 heteroatoms. The first-order valence-electron chi connectivity index (χ1n) is 5.33. The van der Waals surface area contributed by atoms with E-state index in [0.717, 1.165) is 29.6 Å². The molecule has 4 fully saturated rings. The molecule has 4 rings (SSSR count). The molecule has 12 heavy (non-hydrogen) atoms. The van der Waals surface area contributed by atoms with Gasteiger partial charge in [0.2, 0.25) is 0 Å². The zero-order valence-corrected chi connectivity index (χ0v) is 8.42. The molecular formula is C11H19Li. The predicted molar refractivity (Wildman–Crippen MR) is 47.3 cm³/mol. The van der Waals surface area contributed by atoms with Crippen LogP contribution < -0.4 is 18.9 Å². The fourth-order valence-electron chi connectivity index (χ4n) is 4.20. The summed E-state index contributed by atoms with van der Waals surface area (Å²) in [7, 11) is 0. The molecule has 4 aliphatic rings. The van der Waals surface area contributed by atoms with Crippen molar-refractivity contribution in [2.75, 3.05) is 0 Å². The molecule has 0 saturated heterocycles. The second-order valence-corrected chi connectivity index (χ2v) is 5.29. The van der Waals surface area contributed by atoms with Gasteiger partial charge in [0.15, 0.2) is 0 Å². The van der Waals surface area contributed by atoms with Crippen LogP contribution in [-0.2, 0) is 0 Å². The van der Waals surface area contributed by atoms with Crippen molar-refractivity contribution in [2.24, 2.45) is 29.6 Å². The molecule has 4 aliphatic carbocycles. The minimum atomic E-state index is 0. The third-order valence-corrected chi connectivity index (χ3v) is 4.70. The quantitative estimate of drug-likeness (QED) is 0.442. The Bertz CT molecular complexity index is 153. The molecule has 0 unspecified atom stereocenters. The number of hydrogen-bond acceptors (Lipinski definition) is 0. The van der Waals surface area contributed by atoms with E-state index in [1.54, 1.807) is 32.1 Å². The van der Waals surface area contributed by atoms with Crippen LogP contribution in [0.1, 0.15) is 40.5 Å². The van der Waals surface area contributed by atoms with Crippen LogP contribution in [0.5, 0.6) is 0 Å². The van der Waals surface area contributed by atoms with Crippen LogP contribution in [0.4, 0.5) is 0 Å². The smallest absolute Gasteiger partial charge is 1.00 e. The van der Waals surface area contributed by atoms with Crippen LogP contribution in [0.2, 0.25) is 0 Å². The van der Waals surface area contributed by atoms with Gasteiger partial charge >= 0.3 is 18.9 Å². The molecule has 0 aromatic rings. The van der Waals surface area contributed by atoms with Crippen LogP contribution in [0.3, 0.4) is 0 Å². The van der Waals surface area contributed by atoms with Crippen molar-refractivity contribution in [3.63, 3.8) is 0 Å². The summed E-state index contributed by atoms with van der Waals surface area (Å²) in [5, 5.41) is 0. The first-order chi connectivity index (χ1) is 5.33. The Kier molecular flexibility index (Phi) is 2.34. The van der Waals surface area contributed by atoms with E-state index >= 15 is 0 Å². The van der Waals surface area contributed by atoms with Crippen LogP contribution in [0.15, 0.2) is 0 Å². The van der Waals surface area contributed by atoms with Gasteiger partial charge in [0, 0.05) is 0 Å². The van der Waals surface area contributed by atoms with Crippen molar-refractivity contribution in [3.05, 3.63) is 0 Å². The van der Waals surface area contributed by atoms with E-state index in [2.05, 4.69) is 6.92 Å². The van der Waals surface area contributed by atoms with Gasteiger partial charge in [-0.05, 0) is 61.7 Å². The molecule has 0 N–H and O–H groups in total. The number of rotatable bonds is 0. The maximum absolute atomic E-state index is 2.51. The van der Waals surface area contributed by atoms with Crippen molar-refractivity contribution in [3.8, 4) is 0 Å². The molecule has 0 aromatic carbocycles. The Morgan fingerprint density at radius 3 is 1.67 bits per heavy atom. The first-order valence-corrected chi connectivity index (χ1v) is 5.33. The second-order valence-electron chi connectivity index (χ2n) is 5.29. The van der Waals surface area contributed by atoms with Gasteiger partial charge in [0.25, 0.3) is 0 Å². The third-order valence-electron chi connectivity index (χ3n) is 4.70. The van der Waals surface area contributed by atoms with E-state index in [1.165, 1.54) is 0 Å². The van der Waals surface area contributed by atoms with E-state index < -0.39 is 0 Å². The Balaban J connectivity index is 0.000000422. The molecule has 0 amide bonds. The van der Waals surface area contributed by atoms with Crippen LogP contribution in [-0.4, -0.2) is 0 Å². The van der Waals surface area contributed by atoms with Crippen molar-refractivity contribution >= 4 is 0 Å². The summed E-state index contributed by atoms with van der Waals surface area (Å²) in [6, 6.07) is 0. The largest absolute Gasteiger partial charge is 1.00 e. The van der Waals surface area contributed by atoms with E-state index in [-0.39, 0.29) is 20.3 Å². The molecule has 0 atom stereocenters. The van der Waals surface area contributed by atoms with E-state index in [4.69, 9.17) is 0 Å². The van der Waals surface area contributed by atoms with Crippen molar-refractivity contribution < 1.29 is 20.3 Å². The first kappa shape index (κ1) is 9.16. The van der Waals surface area contributed by atoms with Gasteiger partial charge in [-0.3, -0.25) is 0 Å². The Morgan fingerprint density at radius 2 is 1.25 bits per heavy atom. The average molecular weight is 158 g/mol. The zero-order chi connectivity index (χ0) is 7.42. The average Bonchev–Trinajstić information content (AvgIpc) is 1.98. The van der Waals surface area contributed by atoms with Crippen molar-refractivity contribution in [2.45, 2.75) is 39.0 Å². The fraction of sp³-hybridized carbons (Fsp3) is 1.00. The minimum Gasteiger partial charge on any atom is -1.00 e. The van der Waals surface area contributed by atoms with Gasteiger partial charge in [-0.1, -0.05) is 6.92 Å². The minimum absolute atomic E-state index is 0. The Hall–Kier alpha value is 0.597. The summed E-state index contributed by atoms with van der Waals surface area (Å²) < 4.78 is 0. The maximum atomic E-state index is 2.51. The fourth-order valence-corrected chi connectivity index (χ4v) is 4.20. The molecule has 0 heterocycles. The van der Waals surface area contributed by atoms with Crippen molar-refractivity contribution in [1.29, 1.82) is 0 Å². The van der Waals surface area contributed by atoms with Gasteiger partial charge in [-0.15, -0.1) is 0 Å². The van der Waals surface area contributed by atoms with Gasteiger partial charge in [0.05, 0.1) is 0 Å². The van der Waals surface area contributed by atoms with Crippen molar-refractivity contribution in [1.82, 2.24) is 0 Å². The topological polar surface area (TPSA) is 0 Å². The Morgan fingerprint density at radius 1 is 0.833 bits per heavy atom. The Labute approximate surface area is 89.2 Å². The molecule has 4 saturated carbocycles. The van der Waals surface area contributed by atoms with Crippen LogP contribution in [0, 0.1) is 29.6 Å². The molecule has 0 aliphatic heterocycles. The molecule has 0 aromatic heterocycles. The molecular weight excluding hydrogens is 139 g/mol. The third kappa shape index (κ3) is 1.19. The normalized spacial score (nSPS) is 55.2. The zero-order valence-electron chi connectivity index (χ0n) is 9.42. The van der Waals surface area contributed by atoms with Gasteiger partial charge in [0.1, 0.15) is 0 Å². The molecule has 0 radical (unpaired) electrons. The maximum Gasteiger partial charge on any atom is 1.00 e. The monoisotopic (exact) mass is 158 g/mol. The summed E-state index contributed by atoms with van der Waals surface area (Å²) in [5.41, 5.74) is 0. The molecule has 0 spiro atoms. The van der Waals surface area contributed by atoms with E-state index in [0.29, 0.717) is 0 Å². The summed E-state index contributed by atoms with van der Waals surface area (Å²) >= 11 is 0. The predicted octanol–water partition coefficient (Wildman–Crippen LogP) is 0.195. The summed E-state index contributed by atoms with van der Waals surface area (Å²) in [4.78, 5) is 0. The van der Waals surface area contributed by atoms with Gasteiger partial charge in [-0.25, -0.2) is 0 Å². The summed E-state index contributed by atoms with van der Waals surface area (Å²) in [6.45, 7) is 2.51. The molecule has 64 valence electrons. The van der Waals surface area contributed by atoms with E-state index in [1.807, 2.05) is 0 Å².